The van der Waals surface area contributed by atoms with Gasteiger partial charge in [0.05, 0.1) is 5.66 Å². The van der Waals surface area contributed by atoms with Crippen molar-refractivity contribution in [1.29, 1.82) is 0 Å². The molecular formula is C7H15N3. The van der Waals surface area contributed by atoms with Gasteiger partial charge in [0.15, 0.2) is 0 Å². The Kier molecular flexibility index (Phi) is 1.14. The number of rotatable bonds is 0. The molecule has 0 saturated heterocycles. The fourth-order valence-corrected chi connectivity index (χ4v) is 2.58. The summed E-state index contributed by atoms with van der Waals surface area (Å²) in [5.74, 6) is 0.880. The molecule has 2 fully saturated rings. The largest absolute Gasteiger partial charge is 0.327 e. The summed E-state index contributed by atoms with van der Waals surface area (Å²) >= 11 is 0. The molecule has 0 spiro atoms. The van der Waals surface area contributed by atoms with E-state index in [-0.39, 0.29) is 6.04 Å². The maximum Gasteiger partial charge on any atom is 0.0710 e. The Morgan fingerprint density at radius 1 is 1.20 bits per heavy atom. The predicted molar refractivity (Wildman–Crippen MR) is 39.9 cm³/mol. The second kappa shape index (κ2) is 1.72. The summed E-state index contributed by atoms with van der Waals surface area (Å²) in [6.45, 7) is 0. The van der Waals surface area contributed by atoms with Gasteiger partial charge in [0.2, 0.25) is 0 Å². The Bertz CT molecular complexity index is 155. The minimum Gasteiger partial charge on any atom is -0.327 e. The number of hydrogen-bond acceptors (Lipinski definition) is 3. The monoisotopic (exact) mass is 141 g/mol. The van der Waals surface area contributed by atoms with E-state index < -0.39 is 5.66 Å². The third kappa shape index (κ3) is 0.603. The summed E-state index contributed by atoms with van der Waals surface area (Å²) in [5, 5.41) is 0. The molecule has 0 aliphatic heterocycles. The maximum atomic E-state index is 5.92. The number of fused-ring (bicyclic) bond motifs is 2. The Morgan fingerprint density at radius 2 is 1.90 bits per heavy atom. The molecule has 0 heterocycles. The maximum absolute atomic E-state index is 5.92. The fraction of sp³-hybridized carbons (Fsp3) is 1.00. The second-order valence-corrected chi connectivity index (χ2v) is 3.78. The van der Waals surface area contributed by atoms with Crippen LogP contribution in [0.3, 0.4) is 0 Å². The Hall–Kier alpha value is -0.120. The number of hydrogen-bond donors (Lipinski definition) is 3. The highest BCUT2D eigenvalue weighted by molar-refractivity contribution is 5.09. The van der Waals surface area contributed by atoms with Crippen LogP contribution in [0.15, 0.2) is 0 Å². The molecule has 58 valence electrons. The highest BCUT2D eigenvalue weighted by atomic mass is 15.0. The van der Waals surface area contributed by atoms with Gasteiger partial charge in [-0.05, 0) is 25.2 Å². The van der Waals surface area contributed by atoms with Crippen LogP contribution in [0.5, 0.6) is 0 Å². The average molecular weight is 141 g/mol. The molecule has 3 atom stereocenters. The van der Waals surface area contributed by atoms with Crippen LogP contribution in [0.2, 0.25) is 0 Å². The van der Waals surface area contributed by atoms with Crippen LogP contribution < -0.4 is 17.2 Å². The van der Waals surface area contributed by atoms with E-state index in [1.165, 1.54) is 6.42 Å². The molecule has 0 aromatic heterocycles. The van der Waals surface area contributed by atoms with Gasteiger partial charge >= 0.3 is 0 Å². The standard InChI is InChI=1S/C7H15N3/c8-6-3-4-1-2-5(6)7(4,9)10/h4-6H,1-3,8-10H2. The van der Waals surface area contributed by atoms with Crippen LogP contribution in [0.4, 0.5) is 0 Å². The SMILES string of the molecule is NC1CC2CCC1C2(N)N. The van der Waals surface area contributed by atoms with E-state index in [0.717, 1.165) is 12.8 Å². The molecule has 2 rings (SSSR count). The van der Waals surface area contributed by atoms with Crippen LogP contribution in [-0.4, -0.2) is 11.7 Å². The Morgan fingerprint density at radius 3 is 2.10 bits per heavy atom. The normalized spacial score (nSPS) is 50.1. The minimum absolute atomic E-state index is 0.272. The van der Waals surface area contributed by atoms with Crippen LogP contribution >= 0.6 is 0 Å². The van der Waals surface area contributed by atoms with Crippen molar-refractivity contribution in [3.05, 3.63) is 0 Å². The first-order valence-electron chi connectivity index (χ1n) is 3.95. The van der Waals surface area contributed by atoms with Crippen molar-refractivity contribution in [1.82, 2.24) is 0 Å². The van der Waals surface area contributed by atoms with E-state index >= 15 is 0 Å². The van der Waals surface area contributed by atoms with Crippen molar-refractivity contribution in [2.45, 2.75) is 31.0 Å². The van der Waals surface area contributed by atoms with Crippen molar-refractivity contribution in [3.8, 4) is 0 Å². The van der Waals surface area contributed by atoms with Crippen LogP contribution in [0.1, 0.15) is 19.3 Å². The third-order valence-corrected chi connectivity index (χ3v) is 3.25. The zero-order chi connectivity index (χ0) is 7.35. The molecule has 2 aliphatic carbocycles. The molecule has 10 heavy (non-hydrogen) atoms. The smallest absolute Gasteiger partial charge is 0.0710 e. The van der Waals surface area contributed by atoms with Gasteiger partial charge in [-0.15, -0.1) is 0 Å². The van der Waals surface area contributed by atoms with Gasteiger partial charge in [-0.1, -0.05) is 0 Å². The van der Waals surface area contributed by atoms with Crippen molar-refractivity contribution in [2.24, 2.45) is 29.0 Å². The minimum atomic E-state index is -0.431. The lowest BCUT2D eigenvalue weighted by Gasteiger charge is -2.24. The lowest BCUT2D eigenvalue weighted by atomic mass is 9.96. The third-order valence-electron chi connectivity index (χ3n) is 3.25. The van der Waals surface area contributed by atoms with Gasteiger partial charge in [0.25, 0.3) is 0 Å². The quantitative estimate of drug-likeness (QED) is 0.392. The molecule has 0 aromatic carbocycles. The molecule has 3 unspecified atom stereocenters. The molecular weight excluding hydrogens is 126 g/mol. The zero-order valence-electron chi connectivity index (χ0n) is 6.09. The van der Waals surface area contributed by atoms with Gasteiger partial charge in [-0.3, -0.25) is 0 Å². The van der Waals surface area contributed by atoms with Gasteiger partial charge < -0.3 is 17.2 Å². The first-order valence-corrected chi connectivity index (χ1v) is 3.95. The van der Waals surface area contributed by atoms with Gasteiger partial charge in [0, 0.05) is 12.0 Å². The summed E-state index contributed by atoms with van der Waals surface area (Å²) < 4.78 is 0. The van der Waals surface area contributed by atoms with Crippen molar-refractivity contribution < 1.29 is 0 Å². The topological polar surface area (TPSA) is 78.1 Å². The summed E-state index contributed by atoms with van der Waals surface area (Å²) in [6, 6.07) is 0.272. The van der Waals surface area contributed by atoms with Crippen molar-refractivity contribution in [2.75, 3.05) is 0 Å². The van der Waals surface area contributed by atoms with Gasteiger partial charge in [-0.25, -0.2) is 0 Å². The molecule has 2 saturated carbocycles. The molecule has 3 nitrogen and oxygen atoms in total. The highest BCUT2D eigenvalue weighted by Gasteiger charge is 2.53. The molecule has 3 heteroatoms. The molecule has 2 bridgehead atoms. The van der Waals surface area contributed by atoms with E-state index in [0.29, 0.717) is 11.8 Å². The lowest BCUT2D eigenvalue weighted by Crippen LogP contribution is -2.55. The molecule has 6 N–H and O–H groups in total. The van der Waals surface area contributed by atoms with E-state index in [1.54, 1.807) is 0 Å². The van der Waals surface area contributed by atoms with Crippen molar-refractivity contribution in [3.63, 3.8) is 0 Å². The van der Waals surface area contributed by atoms with Crippen molar-refractivity contribution >= 4 is 0 Å². The Balaban J connectivity index is 2.27. The summed E-state index contributed by atoms with van der Waals surface area (Å²) in [6.07, 6.45) is 3.36. The van der Waals surface area contributed by atoms with E-state index in [1.807, 2.05) is 0 Å². The van der Waals surface area contributed by atoms with Gasteiger partial charge in [-0.2, -0.15) is 0 Å². The molecule has 2 aliphatic rings. The van der Waals surface area contributed by atoms with Crippen LogP contribution in [0, 0.1) is 11.8 Å². The molecule has 0 aromatic rings. The van der Waals surface area contributed by atoms with E-state index in [9.17, 15) is 0 Å². The Labute approximate surface area is 60.9 Å². The van der Waals surface area contributed by atoms with E-state index in [4.69, 9.17) is 17.2 Å². The molecule has 0 amide bonds. The fourth-order valence-electron chi connectivity index (χ4n) is 2.58. The summed E-state index contributed by atoms with van der Waals surface area (Å²) in [5.41, 5.74) is 17.2. The molecule has 0 radical (unpaired) electrons. The average Bonchev–Trinajstić information content (AvgIpc) is 2.20. The van der Waals surface area contributed by atoms with Crippen LogP contribution in [0.25, 0.3) is 0 Å². The zero-order valence-corrected chi connectivity index (χ0v) is 6.09. The lowest BCUT2D eigenvalue weighted by molar-refractivity contribution is 0.326. The van der Waals surface area contributed by atoms with Gasteiger partial charge in [0.1, 0.15) is 0 Å². The predicted octanol–water partition coefficient (Wildman–Crippen LogP) is -0.643. The summed E-state index contributed by atoms with van der Waals surface area (Å²) in [7, 11) is 0. The van der Waals surface area contributed by atoms with Crippen LogP contribution in [-0.2, 0) is 0 Å². The first-order chi connectivity index (χ1) is 4.62. The number of nitrogens with two attached hydrogens (primary N) is 3. The first kappa shape index (κ1) is 6.58. The van der Waals surface area contributed by atoms with E-state index in [2.05, 4.69) is 0 Å². The summed E-state index contributed by atoms with van der Waals surface area (Å²) in [4.78, 5) is 0. The second-order valence-electron chi connectivity index (χ2n) is 3.78. The highest BCUT2D eigenvalue weighted by Crippen LogP contribution is 2.46.